The van der Waals surface area contributed by atoms with Crippen molar-refractivity contribution in [2.45, 2.75) is 65.4 Å². The van der Waals surface area contributed by atoms with Crippen molar-refractivity contribution >= 4 is 11.7 Å². The highest BCUT2D eigenvalue weighted by Crippen LogP contribution is 2.65. The van der Waals surface area contributed by atoms with E-state index in [0.29, 0.717) is 24.4 Å². The lowest BCUT2D eigenvalue weighted by Crippen LogP contribution is -2.53. The predicted molar refractivity (Wildman–Crippen MR) is 116 cm³/mol. The summed E-state index contributed by atoms with van der Waals surface area (Å²) in [6.07, 6.45) is 12.8. The van der Waals surface area contributed by atoms with Crippen molar-refractivity contribution in [1.82, 2.24) is 10.3 Å². The number of hydrogen-bond acceptors (Lipinski definition) is 4. The Hall–Kier alpha value is -2.04. The van der Waals surface area contributed by atoms with Crippen molar-refractivity contribution in [1.29, 1.82) is 0 Å². The summed E-state index contributed by atoms with van der Waals surface area (Å²) >= 11 is 0. The van der Waals surface area contributed by atoms with E-state index in [2.05, 4.69) is 36.3 Å². The van der Waals surface area contributed by atoms with Crippen LogP contribution in [0.15, 0.2) is 24.5 Å². The number of aromatic nitrogens is 1. The van der Waals surface area contributed by atoms with E-state index in [0.717, 1.165) is 38.0 Å². The van der Waals surface area contributed by atoms with Crippen molar-refractivity contribution in [3.63, 3.8) is 0 Å². The third-order valence-corrected chi connectivity index (χ3v) is 8.88. The highest BCUT2D eigenvalue weighted by atomic mass is 16.6. The quantitative estimate of drug-likeness (QED) is 0.743. The topological polar surface area (TPSA) is 60.5 Å². The Bertz CT molecular complexity index is 868. The molecule has 3 aliphatic carbocycles. The van der Waals surface area contributed by atoms with Crippen molar-refractivity contribution in [2.75, 3.05) is 13.2 Å². The lowest BCUT2D eigenvalue weighted by molar-refractivity contribution is -0.113. The van der Waals surface area contributed by atoms with E-state index in [9.17, 15) is 4.79 Å². The van der Waals surface area contributed by atoms with Gasteiger partial charge in [-0.15, -0.1) is 0 Å². The van der Waals surface area contributed by atoms with Gasteiger partial charge in [-0.2, -0.15) is 0 Å². The molecule has 1 aromatic heterocycles. The Morgan fingerprint density at radius 2 is 2.07 bits per heavy atom. The molecule has 1 saturated heterocycles. The minimum atomic E-state index is -0.227. The Morgan fingerprint density at radius 1 is 1.20 bits per heavy atom. The fraction of sp³-hybridized carbons (Fsp3) is 0.680. The van der Waals surface area contributed by atoms with Crippen LogP contribution in [0.5, 0.6) is 5.75 Å². The largest absolute Gasteiger partial charge is 0.492 e. The molecule has 2 heterocycles. The summed E-state index contributed by atoms with van der Waals surface area (Å²) < 4.78 is 11.6. The van der Waals surface area contributed by atoms with Crippen LogP contribution in [0, 0.1) is 28.6 Å². The fourth-order valence-corrected chi connectivity index (χ4v) is 7.39. The molecule has 2 saturated carbocycles. The lowest BCUT2D eigenvalue weighted by Gasteiger charge is -2.57. The Morgan fingerprint density at radius 3 is 2.90 bits per heavy atom. The number of carbonyl (C=O) groups is 1. The van der Waals surface area contributed by atoms with E-state index >= 15 is 0 Å². The van der Waals surface area contributed by atoms with E-state index in [-0.39, 0.29) is 23.0 Å². The maximum Gasteiger partial charge on any atom is 0.407 e. The van der Waals surface area contributed by atoms with Gasteiger partial charge in [-0.05, 0) is 85.8 Å². The molecule has 6 atom stereocenters. The van der Waals surface area contributed by atoms with E-state index in [1.54, 1.807) is 0 Å². The number of rotatable bonds is 3. The van der Waals surface area contributed by atoms with Gasteiger partial charge in [0.05, 0.1) is 12.8 Å². The minimum absolute atomic E-state index is 0.0616. The number of nitrogens with one attached hydrogen (secondary N) is 1. The van der Waals surface area contributed by atoms with Gasteiger partial charge in [0.25, 0.3) is 0 Å². The van der Waals surface area contributed by atoms with Gasteiger partial charge in [-0.25, -0.2) is 4.79 Å². The molecule has 3 fully saturated rings. The van der Waals surface area contributed by atoms with Gasteiger partial charge in [-0.3, -0.25) is 4.98 Å². The average molecular weight is 411 g/mol. The molecule has 0 bridgehead atoms. The zero-order valence-corrected chi connectivity index (χ0v) is 18.4. The molecule has 162 valence electrons. The summed E-state index contributed by atoms with van der Waals surface area (Å²) in [6.45, 7) is 8.26. The summed E-state index contributed by atoms with van der Waals surface area (Å²) in [5.74, 6) is 2.84. The van der Waals surface area contributed by atoms with Crippen LogP contribution in [0.2, 0.25) is 0 Å². The van der Waals surface area contributed by atoms with Gasteiger partial charge in [-0.1, -0.05) is 19.9 Å². The summed E-state index contributed by atoms with van der Waals surface area (Å²) in [7, 11) is 0. The molecule has 5 heteroatoms. The van der Waals surface area contributed by atoms with Crippen LogP contribution in [0.1, 0.15) is 64.9 Å². The smallest absolute Gasteiger partial charge is 0.407 e. The lowest BCUT2D eigenvalue weighted by atomic mass is 9.48. The standard InChI is InChI=1S/C25H34N2O3/c1-4-29-17-13-16(14-26-15-17)19-6-7-20-18-5-8-22-25(3,11-12-27-23(28)30-22)21(18)9-10-24(19,20)2/h6,13-15,18,20-22H,4-5,7-12H2,1-3H3,(H,27,28)/t18-,20?,21?,22?,24+,25+/m0/s1. The Labute approximate surface area is 179 Å². The number of alkyl carbamates (subject to hydrolysis) is 1. The van der Waals surface area contributed by atoms with Crippen LogP contribution in [-0.2, 0) is 4.74 Å². The number of ether oxygens (including phenoxy) is 2. The van der Waals surface area contributed by atoms with E-state index < -0.39 is 0 Å². The minimum Gasteiger partial charge on any atom is -0.492 e. The molecular formula is C25H34N2O3. The van der Waals surface area contributed by atoms with Crippen LogP contribution < -0.4 is 10.1 Å². The number of hydrogen-bond donors (Lipinski definition) is 1. The molecule has 0 aromatic carbocycles. The molecular weight excluding hydrogens is 376 g/mol. The number of allylic oxidation sites excluding steroid dienone is 2. The van der Waals surface area contributed by atoms with E-state index in [1.807, 2.05) is 19.3 Å². The maximum absolute atomic E-state index is 12.0. The van der Waals surface area contributed by atoms with Gasteiger partial charge in [0.1, 0.15) is 11.9 Å². The molecule has 5 nitrogen and oxygen atoms in total. The monoisotopic (exact) mass is 410 g/mol. The Kier molecular flexibility index (Phi) is 4.83. The zero-order valence-electron chi connectivity index (χ0n) is 18.4. The second kappa shape index (κ2) is 7.28. The Balaban J connectivity index is 1.42. The van der Waals surface area contributed by atoms with Crippen LogP contribution in [0.4, 0.5) is 4.79 Å². The molecule has 0 spiro atoms. The van der Waals surface area contributed by atoms with Crippen molar-refractivity contribution < 1.29 is 14.3 Å². The second-order valence-corrected chi connectivity index (χ2v) is 10.2. The first-order valence-electron chi connectivity index (χ1n) is 11.7. The molecule has 1 amide bonds. The highest BCUT2D eigenvalue weighted by molar-refractivity contribution is 5.73. The molecule has 1 aliphatic heterocycles. The highest BCUT2D eigenvalue weighted by Gasteiger charge is 2.59. The normalized spacial score (nSPS) is 40.1. The molecule has 0 radical (unpaired) electrons. The predicted octanol–water partition coefficient (Wildman–Crippen LogP) is 5.21. The number of pyridine rings is 1. The molecule has 3 unspecified atom stereocenters. The van der Waals surface area contributed by atoms with Crippen LogP contribution >= 0.6 is 0 Å². The van der Waals surface area contributed by atoms with E-state index in [4.69, 9.17) is 9.47 Å². The van der Waals surface area contributed by atoms with Crippen molar-refractivity contribution in [2.24, 2.45) is 28.6 Å². The number of fused-ring (bicyclic) bond motifs is 5. The van der Waals surface area contributed by atoms with Crippen LogP contribution in [-0.4, -0.2) is 30.3 Å². The van der Waals surface area contributed by atoms with Gasteiger partial charge in [0.2, 0.25) is 0 Å². The third-order valence-electron chi connectivity index (χ3n) is 8.88. The van der Waals surface area contributed by atoms with E-state index in [1.165, 1.54) is 24.0 Å². The van der Waals surface area contributed by atoms with Crippen LogP contribution in [0.25, 0.3) is 5.57 Å². The molecule has 1 aromatic rings. The van der Waals surface area contributed by atoms with Gasteiger partial charge in [0.15, 0.2) is 0 Å². The first kappa shape index (κ1) is 19.9. The summed E-state index contributed by atoms with van der Waals surface area (Å²) in [4.78, 5) is 16.4. The second-order valence-electron chi connectivity index (χ2n) is 10.2. The van der Waals surface area contributed by atoms with Gasteiger partial charge < -0.3 is 14.8 Å². The summed E-state index contributed by atoms with van der Waals surface area (Å²) in [5, 5.41) is 2.93. The summed E-state index contributed by atoms with van der Waals surface area (Å²) in [6, 6.07) is 2.16. The molecule has 5 rings (SSSR count). The molecule has 1 N–H and O–H groups in total. The zero-order chi connectivity index (χ0) is 20.9. The first-order chi connectivity index (χ1) is 14.5. The first-order valence-corrected chi connectivity index (χ1v) is 11.7. The average Bonchev–Trinajstić information content (AvgIpc) is 2.99. The SMILES string of the molecule is CCOc1cncc(C2=CCC3[C@@H]4CCC5OC(=O)NCC[C@]5(C)C4CC[C@]23C)c1. The number of amides is 1. The maximum atomic E-state index is 12.0. The number of carbonyl (C=O) groups excluding carboxylic acids is 1. The van der Waals surface area contributed by atoms with Gasteiger partial charge in [0, 0.05) is 18.2 Å². The molecule has 4 aliphatic rings. The molecule has 30 heavy (non-hydrogen) atoms. The van der Waals surface area contributed by atoms with Gasteiger partial charge >= 0.3 is 6.09 Å². The third kappa shape index (κ3) is 2.96. The van der Waals surface area contributed by atoms with Crippen molar-refractivity contribution in [3.8, 4) is 5.75 Å². The van der Waals surface area contributed by atoms with Crippen LogP contribution in [0.3, 0.4) is 0 Å². The fourth-order valence-electron chi connectivity index (χ4n) is 7.39. The number of nitrogens with zero attached hydrogens (tertiary/aromatic N) is 1. The summed E-state index contributed by atoms with van der Waals surface area (Å²) in [5.41, 5.74) is 2.96. The van der Waals surface area contributed by atoms with Crippen molar-refractivity contribution in [3.05, 3.63) is 30.1 Å².